The first-order valence-corrected chi connectivity index (χ1v) is 7.56. The molecule has 2 saturated carbocycles. The summed E-state index contributed by atoms with van der Waals surface area (Å²) < 4.78 is 6.13. The maximum Gasteiger partial charge on any atom is 0.233 e. The highest BCUT2D eigenvalue weighted by Gasteiger charge is 2.62. The van der Waals surface area contributed by atoms with Crippen LogP contribution in [0.5, 0.6) is 5.88 Å². The predicted octanol–water partition coefficient (Wildman–Crippen LogP) is 3.81. The molecule has 4 heteroatoms. The van der Waals surface area contributed by atoms with Crippen molar-refractivity contribution in [1.82, 2.24) is 10.2 Å². The van der Waals surface area contributed by atoms with Crippen LogP contribution in [-0.2, 0) is 5.88 Å². The highest BCUT2D eigenvalue weighted by Crippen LogP contribution is 2.66. The van der Waals surface area contributed by atoms with Crippen LogP contribution in [0.3, 0.4) is 0 Å². The topological polar surface area (TPSA) is 35.0 Å². The van der Waals surface area contributed by atoms with Gasteiger partial charge in [-0.15, -0.1) is 16.7 Å². The smallest absolute Gasteiger partial charge is 0.233 e. The van der Waals surface area contributed by atoms with Crippen molar-refractivity contribution < 1.29 is 4.74 Å². The van der Waals surface area contributed by atoms with Gasteiger partial charge < -0.3 is 4.74 Å². The third-order valence-corrected chi connectivity index (χ3v) is 6.08. The fourth-order valence-electron chi connectivity index (χ4n) is 3.94. The maximum absolute atomic E-state index is 6.13. The lowest BCUT2D eigenvalue weighted by atomic mass is 9.70. The minimum absolute atomic E-state index is 0.254. The van der Waals surface area contributed by atoms with Crippen molar-refractivity contribution in [2.45, 2.75) is 52.0 Å². The number of nitrogens with zero attached hydrogens (tertiary/aromatic N) is 2. The number of ether oxygens (including phenoxy) is 1. The third-order valence-electron chi connectivity index (χ3n) is 5.81. The summed E-state index contributed by atoms with van der Waals surface area (Å²) in [6.07, 6.45) is 3.99. The van der Waals surface area contributed by atoms with Gasteiger partial charge in [-0.3, -0.25) is 0 Å². The molecule has 3 nitrogen and oxygen atoms in total. The molecule has 0 saturated heterocycles. The molecular weight excluding hydrogens is 260 g/mol. The molecule has 0 N–H and O–H groups in total. The second-order valence-electron chi connectivity index (χ2n) is 6.71. The fourth-order valence-corrected chi connectivity index (χ4v) is 4.08. The SMILES string of the molecule is CC1(C)C2CCC1(C)C(Oc1ccc(CCl)nn1)C2. The van der Waals surface area contributed by atoms with Gasteiger partial charge in [0, 0.05) is 11.5 Å². The monoisotopic (exact) mass is 280 g/mol. The van der Waals surface area contributed by atoms with E-state index in [1.165, 1.54) is 12.8 Å². The second kappa shape index (κ2) is 4.34. The Hall–Kier alpha value is -0.830. The first-order chi connectivity index (χ1) is 8.97. The van der Waals surface area contributed by atoms with Crippen LogP contribution in [0.2, 0.25) is 0 Å². The van der Waals surface area contributed by atoms with E-state index in [-0.39, 0.29) is 11.5 Å². The molecule has 3 atom stereocenters. The van der Waals surface area contributed by atoms with Gasteiger partial charge in [-0.2, -0.15) is 5.10 Å². The molecule has 0 radical (unpaired) electrons. The number of rotatable bonds is 3. The van der Waals surface area contributed by atoms with E-state index < -0.39 is 0 Å². The molecule has 3 rings (SSSR count). The molecule has 19 heavy (non-hydrogen) atoms. The fraction of sp³-hybridized carbons (Fsp3) is 0.733. The van der Waals surface area contributed by atoms with Gasteiger partial charge in [0.25, 0.3) is 0 Å². The van der Waals surface area contributed by atoms with Crippen molar-refractivity contribution in [3.8, 4) is 5.88 Å². The summed E-state index contributed by atoms with van der Waals surface area (Å²) in [6, 6.07) is 3.77. The van der Waals surface area contributed by atoms with Gasteiger partial charge in [-0.25, -0.2) is 0 Å². The van der Waals surface area contributed by atoms with Crippen LogP contribution in [0.15, 0.2) is 12.1 Å². The van der Waals surface area contributed by atoms with Gasteiger partial charge in [0.2, 0.25) is 5.88 Å². The lowest BCUT2D eigenvalue weighted by Crippen LogP contribution is -2.39. The third kappa shape index (κ3) is 1.85. The Kier molecular flexibility index (Phi) is 3.01. The van der Waals surface area contributed by atoms with E-state index in [1.54, 1.807) is 0 Å². The largest absolute Gasteiger partial charge is 0.473 e. The van der Waals surface area contributed by atoms with Gasteiger partial charge >= 0.3 is 0 Å². The number of fused-ring (bicyclic) bond motifs is 2. The van der Waals surface area contributed by atoms with Crippen LogP contribution < -0.4 is 4.74 Å². The molecule has 0 aliphatic heterocycles. The minimum atomic E-state index is 0.254. The van der Waals surface area contributed by atoms with Gasteiger partial charge in [0.05, 0.1) is 11.6 Å². The van der Waals surface area contributed by atoms with Crippen molar-refractivity contribution in [2.24, 2.45) is 16.7 Å². The first kappa shape index (κ1) is 13.2. The Morgan fingerprint density at radius 2 is 2.11 bits per heavy atom. The normalized spacial score (nSPS) is 35.6. The number of hydrogen-bond acceptors (Lipinski definition) is 3. The molecule has 1 heterocycles. The minimum Gasteiger partial charge on any atom is -0.473 e. The van der Waals surface area contributed by atoms with Crippen molar-refractivity contribution in [3.05, 3.63) is 17.8 Å². The Labute approximate surface area is 119 Å². The van der Waals surface area contributed by atoms with Crippen molar-refractivity contribution >= 4 is 11.6 Å². The molecule has 3 unspecified atom stereocenters. The standard InChI is InChI=1S/C15H21ClN2O/c1-14(2)10-6-7-15(14,3)12(8-10)19-13-5-4-11(9-16)17-18-13/h4-5,10,12H,6-9H2,1-3H3. The van der Waals surface area contributed by atoms with Crippen LogP contribution in [0.25, 0.3) is 0 Å². The molecule has 104 valence electrons. The number of alkyl halides is 1. The summed E-state index contributed by atoms with van der Waals surface area (Å²) in [4.78, 5) is 0. The molecule has 2 aliphatic carbocycles. The zero-order chi connectivity index (χ0) is 13.7. The molecule has 2 bridgehead atoms. The summed E-state index contributed by atoms with van der Waals surface area (Å²) in [6.45, 7) is 7.14. The second-order valence-corrected chi connectivity index (χ2v) is 6.98. The van der Waals surface area contributed by atoms with Gasteiger partial charge in [-0.05, 0) is 36.7 Å². The Balaban J connectivity index is 1.78. The van der Waals surface area contributed by atoms with Crippen LogP contribution in [0.4, 0.5) is 0 Å². The summed E-state index contributed by atoms with van der Waals surface area (Å²) in [5, 5.41) is 8.17. The maximum atomic E-state index is 6.13. The van der Waals surface area contributed by atoms with Gasteiger partial charge in [0.15, 0.2) is 0 Å². The van der Waals surface area contributed by atoms with E-state index in [0.717, 1.165) is 18.0 Å². The number of aromatic nitrogens is 2. The Morgan fingerprint density at radius 1 is 1.32 bits per heavy atom. The summed E-state index contributed by atoms with van der Waals surface area (Å²) >= 11 is 5.72. The van der Waals surface area contributed by atoms with E-state index >= 15 is 0 Å². The summed E-state index contributed by atoms with van der Waals surface area (Å²) in [5.41, 5.74) is 1.40. The number of halogens is 1. The zero-order valence-electron chi connectivity index (χ0n) is 11.8. The Bertz CT molecular complexity index is 474. The van der Waals surface area contributed by atoms with Gasteiger partial charge in [0.1, 0.15) is 6.10 Å². The van der Waals surface area contributed by atoms with Crippen LogP contribution in [-0.4, -0.2) is 16.3 Å². The molecule has 0 amide bonds. The quantitative estimate of drug-likeness (QED) is 0.790. The molecule has 0 aromatic carbocycles. The van der Waals surface area contributed by atoms with E-state index in [4.69, 9.17) is 16.3 Å². The molecule has 0 spiro atoms. The van der Waals surface area contributed by atoms with Crippen molar-refractivity contribution in [1.29, 1.82) is 0 Å². The predicted molar refractivity (Wildman–Crippen MR) is 75.2 cm³/mol. The molecule has 2 aliphatic rings. The average Bonchev–Trinajstić information content (AvgIpc) is 2.73. The van der Waals surface area contributed by atoms with Crippen LogP contribution in [0.1, 0.15) is 45.7 Å². The molecule has 1 aromatic rings. The average molecular weight is 281 g/mol. The van der Waals surface area contributed by atoms with Gasteiger partial charge in [-0.1, -0.05) is 20.8 Å². The van der Waals surface area contributed by atoms with E-state index in [1.807, 2.05) is 12.1 Å². The Morgan fingerprint density at radius 3 is 2.58 bits per heavy atom. The summed E-state index contributed by atoms with van der Waals surface area (Å²) in [5.74, 6) is 1.80. The van der Waals surface area contributed by atoms with E-state index in [0.29, 0.717) is 17.2 Å². The van der Waals surface area contributed by atoms with E-state index in [9.17, 15) is 0 Å². The molecule has 2 fully saturated rings. The highest BCUT2D eigenvalue weighted by molar-refractivity contribution is 6.16. The van der Waals surface area contributed by atoms with Crippen molar-refractivity contribution in [3.63, 3.8) is 0 Å². The number of hydrogen-bond donors (Lipinski definition) is 0. The first-order valence-electron chi connectivity index (χ1n) is 7.02. The van der Waals surface area contributed by atoms with Crippen molar-refractivity contribution in [2.75, 3.05) is 0 Å². The van der Waals surface area contributed by atoms with Crippen LogP contribution in [0, 0.1) is 16.7 Å². The summed E-state index contributed by atoms with van der Waals surface area (Å²) in [7, 11) is 0. The zero-order valence-corrected chi connectivity index (χ0v) is 12.6. The van der Waals surface area contributed by atoms with E-state index in [2.05, 4.69) is 31.0 Å². The van der Waals surface area contributed by atoms with Crippen LogP contribution >= 0.6 is 11.6 Å². The molecule has 1 aromatic heterocycles. The highest BCUT2D eigenvalue weighted by atomic mass is 35.5. The molecular formula is C15H21ClN2O. The lowest BCUT2D eigenvalue weighted by Gasteiger charge is -2.38. The lowest BCUT2D eigenvalue weighted by molar-refractivity contribution is 0.0267.